The van der Waals surface area contributed by atoms with Gasteiger partial charge < -0.3 is 0 Å². The van der Waals surface area contributed by atoms with Gasteiger partial charge in [-0.1, -0.05) is 24.6 Å². The second kappa shape index (κ2) is 3.83. The molecule has 2 nitrogen and oxygen atoms in total. The van der Waals surface area contributed by atoms with Crippen molar-refractivity contribution in [1.29, 1.82) is 0 Å². The quantitative estimate of drug-likeness (QED) is 0.821. The van der Waals surface area contributed by atoms with Crippen molar-refractivity contribution in [1.82, 2.24) is 0 Å². The van der Waals surface area contributed by atoms with E-state index in [-0.39, 0.29) is 10.7 Å². The van der Waals surface area contributed by atoms with E-state index in [1.54, 1.807) is 12.1 Å². The first kappa shape index (κ1) is 12.2. The van der Waals surface area contributed by atoms with E-state index in [4.69, 9.17) is 0 Å². The van der Waals surface area contributed by atoms with Crippen LogP contribution >= 0.6 is 0 Å². The highest BCUT2D eigenvalue weighted by Crippen LogP contribution is 2.57. The minimum atomic E-state index is -3.14. The van der Waals surface area contributed by atoms with Gasteiger partial charge in [-0.05, 0) is 56.1 Å². The van der Waals surface area contributed by atoms with Crippen LogP contribution in [0.25, 0.3) is 0 Å². The SMILES string of the molecule is Cc1ccc(S(=O)(=O)[C@H]2C[C@@H]3CC[C@@]2(C)C3)cc1. The molecule has 0 saturated heterocycles. The smallest absolute Gasteiger partial charge is 0.181 e. The van der Waals surface area contributed by atoms with Crippen LogP contribution in [0.1, 0.15) is 38.2 Å². The van der Waals surface area contributed by atoms with Gasteiger partial charge in [0.25, 0.3) is 0 Å². The largest absolute Gasteiger partial charge is 0.223 e. The third-order valence-corrected chi connectivity index (χ3v) is 7.37. The fourth-order valence-corrected chi connectivity index (χ4v) is 6.20. The zero-order valence-corrected chi connectivity index (χ0v) is 11.8. The summed E-state index contributed by atoms with van der Waals surface area (Å²) in [4.78, 5) is 0.506. The summed E-state index contributed by atoms with van der Waals surface area (Å²) < 4.78 is 25.5. The molecule has 1 aromatic rings. The van der Waals surface area contributed by atoms with Crippen LogP contribution < -0.4 is 0 Å². The molecular formula is C15H20O2S. The van der Waals surface area contributed by atoms with Crippen LogP contribution in [0.5, 0.6) is 0 Å². The Morgan fingerprint density at radius 2 is 1.89 bits per heavy atom. The van der Waals surface area contributed by atoms with E-state index in [1.165, 1.54) is 6.42 Å². The number of fused-ring (bicyclic) bond motifs is 2. The summed E-state index contributed by atoms with van der Waals surface area (Å²) in [6, 6.07) is 7.31. The fourth-order valence-electron chi connectivity index (χ4n) is 3.87. The average Bonchev–Trinajstić information content (AvgIpc) is 2.85. The van der Waals surface area contributed by atoms with Gasteiger partial charge in [-0.2, -0.15) is 0 Å². The molecule has 0 unspecified atom stereocenters. The molecule has 2 fully saturated rings. The molecule has 3 heteroatoms. The van der Waals surface area contributed by atoms with Gasteiger partial charge in [0.2, 0.25) is 0 Å². The lowest BCUT2D eigenvalue weighted by Gasteiger charge is -2.31. The molecule has 0 heterocycles. The molecule has 1 aromatic carbocycles. The number of hydrogen-bond acceptors (Lipinski definition) is 2. The Kier molecular flexibility index (Phi) is 2.60. The maximum atomic E-state index is 12.7. The zero-order chi connectivity index (χ0) is 13.0. The summed E-state index contributed by atoms with van der Waals surface area (Å²) in [7, 11) is -3.14. The molecule has 0 N–H and O–H groups in total. The van der Waals surface area contributed by atoms with E-state index in [1.807, 2.05) is 19.1 Å². The molecule has 0 spiro atoms. The van der Waals surface area contributed by atoms with Gasteiger partial charge in [-0.15, -0.1) is 0 Å². The summed E-state index contributed by atoms with van der Waals surface area (Å²) in [5.74, 6) is 0.639. The average molecular weight is 264 g/mol. The summed E-state index contributed by atoms with van der Waals surface area (Å²) in [5, 5.41) is -0.161. The monoisotopic (exact) mass is 264 g/mol. The Morgan fingerprint density at radius 3 is 2.39 bits per heavy atom. The summed E-state index contributed by atoms with van der Waals surface area (Å²) in [6.07, 6.45) is 4.26. The van der Waals surface area contributed by atoms with Gasteiger partial charge in [0.15, 0.2) is 9.84 Å². The van der Waals surface area contributed by atoms with E-state index in [0.29, 0.717) is 10.8 Å². The summed E-state index contributed by atoms with van der Waals surface area (Å²) >= 11 is 0. The van der Waals surface area contributed by atoms with Crippen molar-refractivity contribution >= 4 is 9.84 Å². The Bertz CT molecular complexity index is 559. The van der Waals surface area contributed by atoms with Crippen LogP contribution in [0, 0.1) is 18.3 Å². The topological polar surface area (TPSA) is 34.1 Å². The van der Waals surface area contributed by atoms with Crippen molar-refractivity contribution in [2.45, 2.75) is 49.7 Å². The molecule has 0 aromatic heterocycles. The van der Waals surface area contributed by atoms with Crippen LogP contribution in [-0.2, 0) is 9.84 Å². The van der Waals surface area contributed by atoms with Crippen LogP contribution in [0.15, 0.2) is 29.2 Å². The van der Waals surface area contributed by atoms with E-state index < -0.39 is 9.84 Å². The Hall–Kier alpha value is -0.830. The number of rotatable bonds is 2. The first-order chi connectivity index (χ1) is 8.42. The van der Waals surface area contributed by atoms with Gasteiger partial charge >= 0.3 is 0 Å². The number of benzene rings is 1. The standard InChI is InChI=1S/C15H20O2S/c1-11-3-5-13(6-4-11)18(16,17)14-9-12-7-8-15(14,2)10-12/h3-6,12,14H,7-10H2,1-2H3/t12-,14-,15-/m0/s1. The Labute approximate surface area is 109 Å². The van der Waals surface area contributed by atoms with Crippen LogP contribution in [0.2, 0.25) is 0 Å². The predicted molar refractivity (Wildman–Crippen MR) is 72.2 cm³/mol. The molecule has 2 bridgehead atoms. The maximum absolute atomic E-state index is 12.7. The van der Waals surface area contributed by atoms with Gasteiger partial charge in [-0.3, -0.25) is 0 Å². The van der Waals surface area contributed by atoms with E-state index in [0.717, 1.165) is 24.8 Å². The molecule has 3 atom stereocenters. The lowest BCUT2D eigenvalue weighted by molar-refractivity contribution is 0.331. The van der Waals surface area contributed by atoms with Gasteiger partial charge in [0.1, 0.15) is 0 Å². The first-order valence-corrected chi connectivity index (χ1v) is 8.27. The van der Waals surface area contributed by atoms with E-state index in [2.05, 4.69) is 6.92 Å². The highest BCUT2D eigenvalue weighted by atomic mass is 32.2. The van der Waals surface area contributed by atoms with E-state index >= 15 is 0 Å². The van der Waals surface area contributed by atoms with Gasteiger partial charge in [0.05, 0.1) is 10.1 Å². The van der Waals surface area contributed by atoms with Crippen molar-refractivity contribution in [3.05, 3.63) is 29.8 Å². The van der Waals surface area contributed by atoms with E-state index in [9.17, 15) is 8.42 Å². The molecule has 2 aliphatic carbocycles. The molecule has 3 rings (SSSR count). The van der Waals surface area contributed by atoms with Crippen LogP contribution in [0.4, 0.5) is 0 Å². The maximum Gasteiger partial charge on any atom is 0.181 e. The molecule has 0 aliphatic heterocycles. The third kappa shape index (κ3) is 1.71. The van der Waals surface area contributed by atoms with Crippen molar-refractivity contribution < 1.29 is 8.42 Å². The fraction of sp³-hybridized carbons (Fsp3) is 0.600. The van der Waals surface area contributed by atoms with Gasteiger partial charge in [-0.25, -0.2) is 8.42 Å². The predicted octanol–water partition coefficient (Wildman–Crippen LogP) is 3.35. The highest BCUT2D eigenvalue weighted by Gasteiger charge is 2.54. The molecule has 0 amide bonds. The lowest BCUT2D eigenvalue weighted by Crippen LogP contribution is -2.34. The normalized spacial score (nSPS) is 35.0. The first-order valence-electron chi connectivity index (χ1n) is 6.72. The number of aryl methyl sites for hydroxylation is 1. The second-order valence-electron chi connectivity index (χ2n) is 6.35. The number of hydrogen-bond donors (Lipinski definition) is 0. The minimum Gasteiger partial charge on any atom is -0.223 e. The van der Waals surface area contributed by atoms with Crippen LogP contribution in [0.3, 0.4) is 0 Å². The van der Waals surface area contributed by atoms with Crippen molar-refractivity contribution in [3.63, 3.8) is 0 Å². The zero-order valence-electron chi connectivity index (χ0n) is 11.0. The number of sulfone groups is 1. The molecule has 0 radical (unpaired) electrons. The van der Waals surface area contributed by atoms with Crippen molar-refractivity contribution in [2.75, 3.05) is 0 Å². The molecular weight excluding hydrogens is 244 g/mol. The molecule has 2 aliphatic rings. The third-order valence-electron chi connectivity index (χ3n) is 4.93. The summed E-state index contributed by atoms with van der Waals surface area (Å²) in [5.41, 5.74) is 1.13. The summed E-state index contributed by atoms with van der Waals surface area (Å²) in [6.45, 7) is 4.14. The van der Waals surface area contributed by atoms with Gasteiger partial charge in [0, 0.05) is 0 Å². The minimum absolute atomic E-state index is 0.0222. The second-order valence-corrected chi connectivity index (χ2v) is 8.48. The molecule has 2 saturated carbocycles. The molecule has 98 valence electrons. The van der Waals surface area contributed by atoms with Crippen molar-refractivity contribution in [2.24, 2.45) is 11.3 Å². The Morgan fingerprint density at radius 1 is 1.22 bits per heavy atom. The highest BCUT2D eigenvalue weighted by molar-refractivity contribution is 7.92. The lowest BCUT2D eigenvalue weighted by atomic mass is 9.86. The van der Waals surface area contributed by atoms with Crippen molar-refractivity contribution in [3.8, 4) is 0 Å². The molecule has 18 heavy (non-hydrogen) atoms. The van der Waals surface area contributed by atoms with Crippen LogP contribution in [-0.4, -0.2) is 13.7 Å². The Balaban J connectivity index is 1.99.